The zero-order chi connectivity index (χ0) is 28.9. The van der Waals surface area contributed by atoms with Crippen LogP contribution in [-0.2, 0) is 33.9 Å². The molecule has 0 unspecified atom stereocenters. The van der Waals surface area contributed by atoms with E-state index in [1.807, 2.05) is 48.5 Å². The highest BCUT2D eigenvalue weighted by molar-refractivity contribution is 6.03. The molecule has 0 heterocycles. The highest BCUT2D eigenvalue weighted by Crippen LogP contribution is 2.15. The largest absolute Gasteiger partial charge is 0.497 e. The molecule has 5 amide bonds. The van der Waals surface area contributed by atoms with E-state index in [2.05, 4.69) is 5.32 Å². The van der Waals surface area contributed by atoms with Crippen molar-refractivity contribution in [2.45, 2.75) is 32.0 Å². The van der Waals surface area contributed by atoms with Gasteiger partial charge in [0.15, 0.2) is 0 Å². The lowest BCUT2D eigenvalue weighted by molar-refractivity contribution is -0.133. The van der Waals surface area contributed by atoms with Crippen LogP contribution in [0.25, 0.3) is 0 Å². The van der Waals surface area contributed by atoms with E-state index < -0.39 is 36.3 Å². The number of imide groups is 1. The Labute approximate surface area is 233 Å². The van der Waals surface area contributed by atoms with Gasteiger partial charge in [0.1, 0.15) is 18.3 Å². The number of rotatable bonds is 13. The van der Waals surface area contributed by atoms with E-state index >= 15 is 0 Å². The van der Waals surface area contributed by atoms with Crippen molar-refractivity contribution in [2.24, 2.45) is 5.73 Å². The maximum atomic E-state index is 13.7. The second-order valence-electron chi connectivity index (χ2n) is 9.15. The summed E-state index contributed by atoms with van der Waals surface area (Å²) in [7, 11) is 1.55. The van der Waals surface area contributed by atoms with E-state index in [4.69, 9.17) is 10.5 Å². The average Bonchev–Trinajstić information content (AvgIpc) is 2.96. The fourth-order valence-corrected chi connectivity index (χ4v) is 3.98. The molecular weight excluding hydrogens is 512 g/mol. The summed E-state index contributed by atoms with van der Waals surface area (Å²) in [6.07, 6.45) is -1.92. The number of hydrogen-bond acceptors (Lipinski definition) is 6. The van der Waals surface area contributed by atoms with Crippen LogP contribution in [0.1, 0.15) is 23.1 Å². The first-order chi connectivity index (χ1) is 19.3. The fourth-order valence-electron chi connectivity index (χ4n) is 3.98. The van der Waals surface area contributed by atoms with E-state index in [9.17, 15) is 24.3 Å². The molecule has 3 aromatic carbocycles. The number of primary amides is 1. The van der Waals surface area contributed by atoms with Crippen LogP contribution in [0.3, 0.4) is 0 Å². The Morgan fingerprint density at radius 3 is 2.05 bits per heavy atom. The number of urea groups is 1. The number of nitrogens with zero attached hydrogens (tertiary/aromatic N) is 2. The van der Waals surface area contributed by atoms with Crippen LogP contribution in [0.15, 0.2) is 84.9 Å². The summed E-state index contributed by atoms with van der Waals surface area (Å²) in [5.74, 6) is -1.65. The summed E-state index contributed by atoms with van der Waals surface area (Å²) in [5, 5.41) is 13.4. The predicted octanol–water partition coefficient (Wildman–Crippen LogP) is 2.24. The molecule has 3 aromatic rings. The van der Waals surface area contributed by atoms with Crippen molar-refractivity contribution in [1.29, 1.82) is 0 Å². The predicted molar refractivity (Wildman–Crippen MR) is 149 cm³/mol. The van der Waals surface area contributed by atoms with Gasteiger partial charge in [-0.1, -0.05) is 72.8 Å². The van der Waals surface area contributed by atoms with Crippen LogP contribution >= 0.6 is 0 Å². The third kappa shape index (κ3) is 9.25. The van der Waals surface area contributed by atoms with Crippen LogP contribution in [-0.4, -0.2) is 65.0 Å². The second kappa shape index (κ2) is 15.0. The van der Waals surface area contributed by atoms with Gasteiger partial charge < -0.3 is 25.8 Å². The Morgan fingerprint density at radius 1 is 0.875 bits per heavy atom. The van der Waals surface area contributed by atoms with Crippen molar-refractivity contribution in [2.75, 3.05) is 20.2 Å². The van der Waals surface area contributed by atoms with E-state index in [-0.39, 0.29) is 26.2 Å². The Bertz CT molecular complexity index is 1270. The Morgan fingerprint density at radius 2 is 1.48 bits per heavy atom. The van der Waals surface area contributed by atoms with Gasteiger partial charge in [0, 0.05) is 19.6 Å². The minimum Gasteiger partial charge on any atom is -0.497 e. The Balaban J connectivity index is 1.78. The number of aliphatic hydroxyl groups excluding tert-OH is 1. The van der Waals surface area contributed by atoms with E-state index in [1.165, 1.54) is 4.90 Å². The molecule has 0 radical (unpaired) electrons. The van der Waals surface area contributed by atoms with Crippen molar-refractivity contribution < 1.29 is 29.0 Å². The normalized spacial score (nSPS) is 11.2. The van der Waals surface area contributed by atoms with Gasteiger partial charge >= 0.3 is 6.03 Å². The molecule has 10 nitrogen and oxygen atoms in total. The summed E-state index contributed by atoms with van der Waals surface area (Å²) in [4.78, 5) is 53.1. The Kier molecular flexibility index (Phi) is 11.2. The van der Waals surface area contributed by atoms with Crippen molar-refractivity contribution in [3.63, 3.8) is 0 Å². The molecule has 40 heavy (non-hydrogen) atoms. The van der Waals surface area contributed by atoms with Gasteiger partial charge in [-0.25, -0.2) is 4.79 Å². The maximum absolute atomic E-state index is 13.7. The highest BCUT2D eigenvalue weighted by Gasteiger charge is 2.30. The molecule has 0 aliphatic rings. The van der Waals surface area contributed by atoms with Crippen LogP contribution in [0, 0.1) is 0 Å². The Hall–Kier alpha value is -4.70. The standard InChI is InChI=1S/C30H34N4O6/c1-40-25-14-12-22(13-15-25)16-17-34(28(37)18-27(31)36)30(39)33(20-24-10-6-3-7-11-24)21-26(35)29(38)32-19-23-8-4-2-5-9-23/h2-15,26,35H,16-21H2,1H3,(H2,31,36)(H,32,38)/t26-/m0/s1. The number of nitrogens with one attached hydrogen (secondary N) is 1. The maximum Gasteiger partial charge on any atom is 0.327 e. The minimum absolute atomic E-state index is 0.0194. The zero-order valence-corrected chi connectivity index (χ0v) is 22.4. The van der Waals surface area contributed by atoms with Crippen molar-refractivity contribution in [1.82, 2.24) is 15.1 Å². The lowest BCUT2D eigenvalue weighted by Crippen LogP contribution is -2.51. The van der Waals surface area contributed by atoms with Gasteiger partial charge in [-0.2, -0.15) is 0 Å². The van der Waals surface area contributed by atoms with E-state index in [1.54, 1.807) is 43.5 Å². The molecule has 4 N–H and O–H groups in total. The van der Waals surface area contributed by atoms with Crippen molar-refractivity contribution >= 4 is 23.8 Å². The second-order valence-corrected chi connectivity index (χ2v) is 9.15. The number of carbonyl (C=O) groups is 4. The average molecular weight is 547 g/mol. The molecule has 0 fully saturated rings. The summed E-state index contributed by atoms with van der Waals surface area (Å²) in [6.45, 7) is -0.198. The molecule has 0 aliphatic heterocycles. The van der Waals surface area contributed by atoms with Gasteiger partial charge in [-0.15, -0.1) is 0 Å². The molecule has 3 rings (SSSR count). The van der Waals surface area contributed by atoms with E-state index in [0.717, 1.165) is 21.6 Å². The molecule has 1 atom stereocenters. The number of aliphatic hydroxyl groups is 1. The lowest BCUT2D eigenvalue weighted by atomic mass is 10.1. The topological polar surface area (TPSA) is 142 Å². The molecule has 0 bridgehead atoms. The van der Waals surface area contributed by atoms with Crippen LogP contribution < -0.4 is 15.8 Å². The van der Waals surface area contributed by atoms with Crippen molar-refractivity contribution in [3.05, 3.63) is 102 Å². The van der Waals surface area contributed by atoms with Gasteiger partial charge in [0.2, 0.25) is 11.8 Å². The molecule has 0 spiro atoms. The molecule has 0 saturated carbocycles. The fraction of sp³-hybridized carbons (Fsp3) is 0.267. The molecule has 0 aromatic heterocycles. The zero-order valence-electron chi connectivity index (χ0n) is 22.4. The minimum atomic E-state index is -1.56. The number of amides is 5. The summed E-state index contributed by atoms with van der Waals surface area (Å²) >= 11 is 0. The molecule has 10 heteroatoms. The molecule has 0 aliphatic carbocycles. The van der Waals surface area contributed by atoms with Crippen LogP contribution in [0.4, 0.5) is 4.79 Å². The molecular formula is C30H34N4O6. The monoisotopic (exact) mass is 546 g/mol. The number of methoxy groups -OCH3 is 1. The summed E-state index contributed by atoms with van der Waals surface area (Å²) in [6, 6.07) is 24.6. The quantitative estimate of drug-likeness (QED) is 0.281. The third-order valence-corrected chi connectivity index (χ3v) is 6.13. The number of ether oxygens (including phenoxy) is 1. The van der Waals surface area contributed by atoms with Gasteiger partial charge in [0.25, 0.3) is 5.91 Å². The number of nitrogens with two attached hydrogens (primary N) is 1. The third-order valence-electron chi connectivity index (χ3n) is 6.13. The summed E-state index contributed by atoms with van der Waals surface area (Å²) in [5.41, 5.74) is 7.66. The molecule has 0 saturated heterocycles. The SMILES string of the molecule is COc1ccc(CCN(C(=O)CC(N)=O)C(=O)N(Cc2ccccc2)C[C@H](O)C(=O)NCc2ccccc2)cc1. The smallest absolute Gasteiger partial charge is 0.327 e. The lowest BCUT2D eigenvalue weighted by Gasteiger charge is -2.31. The molecule has 210 valence electrons. The number of benzene rings is 3. The summed E-state index contributed by atoms with van der Waals surface area (Å²) < 4.78 is 5.17. The van der Waals surface area contributed by atoms with E-state index in [0.29, 0.717) is 12.2 Å². The first-order valence-electron chi connectivity index (χ1n) is 12.8. The first-order valence-corrected chi connectivity index (χ1v) is 12.8. The van der Waals surface area contributed by atoms with Gasteiger partial charge in [-0.05, 0) is 35.2 Å². The van der Waals surface area contributed by atoms with Crippen molar-refractivity contribution in [3.8, 4) is 5.75 Å². The van der Waals surface area contributed by atoms with Gasteiger partial charge in [-0.3, -0.25) is 19.3 Å². The van der Waals surface area contributed by atoms with Crippen LogP contribution in [0.2, 0.25) is 0 Å². The highest BCUT2D eigenvalue weighted by atomic mass is 16.5. The van der Waals surface area contributed by atoms with Gasteiger partial charge in [0.05, 0.1) is 13.7 Å². The number of hydrogen-bond donors (Lipinski definition) is 3. The first kappa shape index (κ1) is 29.9. The van der Waals surface area contributed by atoms with Crippen LogP contribution in [0.5, 0.6) is 5.75 Å². The number of carbonyl (C=O) groups excluding carboxylic acids is 4.